The smallest absolute Gasteiger partial charge is 0.251 e. The second-order valence-electron chi connectivity index (χ2n) is 10.4. The van der Waals surface area contributed by atoms with Gasteiger partial charge in [0, 0.05) is 23.5 Å². The molecule has 0 aliphatic heterocycles. The molecule has 2 amide bonds. The predicted molar refractivity (Wildman–Crippen MR) is 167 cm³/mol. The zero-order valence-electron chi connectivity index (χ0n) is 23.4. The van der Waals surface area contributed by atoms with Gasteiger partial charge in [0.1, 0.15) is 0 Å². The van der Waals surface area contributed by atoms with E-state index in [4.69, 9.17) is 0 Å². The van der Waals surface area contributed by atoms with Gasteiger partial charge in [-0.2, -0.15) is 0 Å². The van der Waals surface area contributed by atoms with Crippen LogP contribution in [0, 0.1) is 0 Å². The van der Waals surface area contributed by atoms with Crippen LogP contribution in [0.5, 0.6) is 0 Å². The van der Waals surface area contributed by atoms with Gasteiger partial charge in [0.05, 0.1) is 23.5 Å². The topological polar surface area (TPSA) is 84.0 Å². The van der Waals surface area contributed by atoms with Gasteiger partial charge >= 0.3 is 0 Å². The summed E-state index contributed by atoms with van der Waals surface area (Å²) in [7, 11) is 0. The van der Waals surface area contributed by atoms with E-state index in [2.05, 4.69) is 57.0 Å². The minimum atomic E-state index is -0.211. The molecule has 0 saturated heterocycles. The molecule has 0 saturated carbocycles. The van der Waals surface area contributed by atoms with E-state index in [9.17, 15) is 9.59 Å². The number of pyridine rings is 2. The predicted octanol–water partition coefficient (Wildman–Crippen LogP) is 7.43. The number of hydrogen-bond donors (Lipinski definition) is 2. The number of rotatable bonds is 7. The minimum absolute atomic E-state index is 0.200. The lowest BCUT2D eigenvalue weighted by Crippen LogP contribution is -2.27. The molecule has 0 radical (unpaired) electrons. The monoisotopic (exact) mass is 550 g/mol. The van der Waals surface area contributed by atoms with E-state index in [1.165, 1.54) is 0 Å². The number of hydrogen-bond acceptors (Lipinski definition) is 4. The van der Waals surface area contributed by atoms with Crippen molar-refractivity contribution in [2.24, 2.45) is 0 Å². The highest BCUT2D eigenvalue weighted by Gasteiger charge is 2.17. The molecule has 6 aromatic rings. The molecule has 0 aliphatic carbocycles. The second kappa shape index (κ2) is 11.6. The number of nitrogens with one attached hydrogen (secondary N) is 2. The van der Waals surface area contributed by atoms with Crippen LogP contribution in [-0.2, 0) is 0 Å². The van der Waals surface area contributed by atoms with Gasteiger partial charge in [-0.3, -0.25) is 19.6 Å². The molecule has 42 heavy (non-hydrogen) atoms. The lowest BCUT2D eigenvalue weighted by molar-refractivity contribution is 0.0931. The summed E-state index contributed by atoms with van der Waals surface area (Å²) in [4.78, 5) is 35.4. The van der Waals surface area contributed by atoms with E-state index in [1.807, 2.05) is 62.4 Å². The van der Waals surface area contributed by atoms with Gasteiger partial charge in [-0.05, 0) is 70.8 Å². The van der Waals surface area contributed by atoms with Gasteiger partial charge in [0.2, 0.25) is 0 Å². The first-order valence-corrected chi connectivity index (χ1v) is 14.0. The van der Waals surface area contributed by atoms with Crippen LogP contribution in [0.4, 0.5) is 0 Å². The van der Waals surface area contributed by atoms with Crippen molar-refractivity contribution in [2.75, 3.05) is 0 Å². The van der Waals surface area contributed by atoms with E-state index >= 15 is 0 Å². The van der Waals surface area contributed by atoms with E-state index in [1.54, 1.807) is 36.7 Å². The zero-order valence-corrected chi connectivity index (χ0v) is 23.4. The molecule has 6 nitrogen and oxygen atoms in total. The van der Waals surface area contributed by atoms with Gasteiger partial charge in [-0.25, -0.2) is 0 Å². The number of carbonyl (C=O) groups is 2. The SMILES string of the molecule is C[C@H](NC(=O)c1ccnc(-c2cc(C(=O)N[C@@H](C)c3cccc4ccccc34)ccn2)c1)c1cccc2ccccc12. The Hall–Kier alpha value is -5.36. The summed E-state index contributed by atoms with van der Waals surface area (Å²) >= 11 is 0. The largest absolute Gasteiger partial charge is 0.345 e. The first kappa shape index (κ1) is 26.8. The van der Waals surface area contributed by atoms with E-state index in [-0.39, 0.29) is 23.9 Å². The maximum Gasteiger partial charge on any atom is 0.251 e. The number of benzene rings is 4. The molecule has 206 valence electrons. The molecule has 0 spiro atoms. The average Bonchev–Trinajstić information content (AvgIpc) is 3.04. The van der Waals surface area contributed by atoms with Crippen LogP contribution >= 0.6 is 0 Å². The van der Waals surface area contributed by atoms with Crippen LogP contribution in [-0.4, -0.2) is 21.8 Å². The van der Waals surface area contributed by atoms with Crippen molar-refractivity contribution in [3.05, 3.63) is 144 Å². The van der Waals surface area contributed by atoms with Crippen molar-refractivity contribution in [2.45, 2.75) is 25.9 Å². The summed E-state index contributed by atoms with van der Waals surface area (Å²) in [6.45, 7) is 3.95. The molecule has 0 fully saturated rings. The van der Waals surface area contributed by atoms with Gasteiger partial charge in [0.15, 0.2) is 0 Å². The standard InChI is InChI=1S/C36H30N4O2/c1-23(29-15-7-11-25-9-3-5-13-31(25)29)39-35(41)27-17-19-37-33(21-27)34-22-28(18-20-38-34)36(42)40-24(2)30-16-8-12-26-10-4-6-14-32(26)30/h3-24H,1-2H3,(H,39,41)(H,40,42)/t23-,24-/m0/s1. The lowest BCUT2D eigenvalue weighted by atomic mass is 9.99. The van der Waals surface area contributed by atoms with Crippen LogP contribution in [0.3, 0.4) is 0 Å². The zero-order chi connectivity index (χ0) is 29.1. The summed E-state index contributed by atoms with van der Waals surface area (Å²) in [5, 5.41) is 10.7. The number of amides is 2. The van der Waals surface area contributed by atoms with Crippen LogP contribution in [0.15, 0.2) is 122 Å². The maximum absolute atomic E-state index is 13.2. The fraction of sp³-hybridized carbons (Fsp3) is 0.111. The van der Waals surface area contributed by atoms with E-state index in [0.717, 1.165) is 32.7 Å². The van der Waals surface area contributed by atoms with Crippen LogP contribution in [0.2, 0.25) is 0 Å². The molecule has 0 aliphatic rings. The van der Waals surface area contributed by atoms with Crippen molar-refractivity contribution in [3.63, 3.8) is 0 Å². The Kier molecular flexibility index (Phi) is 7.43. The highest BCUT2D eigenvalue weighted by Crippen LogP contribution is 2.26. The van der Waals surface area contributed by atoms with Crippen LogP contribution in [0.25, 0.3) is 32.9 Å². The molecule has 2 heterocycles. The normalized spacial score (nSPS) is 12.5. The van der Waals surface area contributed by atoms with E-state index in [0.29, 0.717) is 22.5 Å². The maximum atomic E-state index is 13.2. The van der Waals surface area contributed by atoms with Crippen LogP contribution < -0.4 is 10.6 Å². The molecule has 0 unspecified atom stereocenters. The molecule has 2 atom stereocenters. The first-order chi connectivity index (χ1) is 20.5. The van der Waals surface area contributed by atoms with Crippen LogP contribution in [0.1, 0.15) is 57.8 Å². The minimum Gasteiger partial charge on any atom is -0.345 e. The average molecular weight is 551 g/mol. The molecule has 6 heteroatoms. The molecule has 2 aromatic heterocycles. The highest BCUT2D eigenvalue weighted by molar-refractivity contribution is 5.97. The quantitative estimate of drug-likeness (QED) is 0.216. The molecule has 2 N–H and O–H groups in total. The second-order valence-corrected chi connectivity index (χ2v) is 10.4. The third-order valence-corrected chi connectivity index (χ3v) is 7.58. The third-order valence-electron chi connectivity index (χ3n) is 7.58. The number of aromatic nitrogens is 2. The Morgan fingerprint density at radius 1 is 0.548 bits per heavy atom. The Morgan fingerprint density at radius 3 is 1.40 bits per heavy atom. The number of fused-ring (bicyclic) bond motifs is 2. The summed E-state index contributed by atoms with van der Waals surface area (Å²) in [5.74, 6) is -0.422. The molecular formula is C36H30N4O2. The Balaban J connectivity index is 1.19. The number of carbonyl (C=O) groups excluding carboxylic acids is 2. The van der Waals surface area contributed by atoms with E-state index < -0.39 is 0 Å². The van der Waals surface area contributed by atoms with Crippen molar-refractivity contribution >= 4 is 33.4 Å². The Bertz CT molecular complexity index is 1780. The molecular weight excluding hydrogens is 520 g/mol. The fourth-order valence-corrected chi connectivity index (χ4v) is 5.40. The third kappa shape index (κ3) is 5.47. The van der Waals surface area contributed by atoms with Gasteiger partial charge in [-0.1, -0.05) is 84.9 Å². The number of nitrogens with zero attached hydrogens (tertiary/aromatic N) is 2. The Morgan fingerprint density at radius 2 is 0.952 bits per heavy atom. The fourth-order valence-electron chi connectivity index (χ4n) is 5.40. The first-order valence-electron chi connectivity index (χ1n) is 14.0. The summed E-state index contributed by atoms with van der Waals surface area (Å²) in [6, 6.07) is 34.8. The summed E-state index contributed by atoms with van der Waals surface area (Å²) in [5.41, 5.74) is 4.05. The highest BCUT2D eigenvalue weighted by atomic mass is 16.2. The Labute approximate surface area is 244 Å². The van der Waals surface area contributed by atoms with Crippen molar-refractivity contribution in [3.8, 4) is 11.4 Å². The molecule has 0 bridgehead atoms. The van der Waals surface area contributed by atoms with Crippen molar-refractivity contribution in [1.82, 2.24) is 20.6 Å². The lowest BCUT2D eigenvalue weighted by Gasteiger charge is -2.17. The summed E-state index contributed by atoms with van der Waals surface area (Å²) < 4.78 is 0. The van der Waals surface area contributed by atoms with Crippen molar-refractivity contribution < 1.29 is 9.59 Å². The van der Waals surface area contributed by atoms with Gasteiger partial charge < -0.3 is 10.6 Å². The summed E-state index contributed by atoms with van der Waals surface area (Å²) in [6.07, 6.45) is 3.17. The molecule has 6 rings (SSSR count). The van der Waals surface area contributed by atoms with Gasteiger partial charge in [-0.15, -0.1) is 0 Å². The van der Waals surface area contributed by atoms with Crippen molar-refractivity contribution in [1.29, 1.82) is 0 Å². The molecule has 4 aromatic carbocycles. The van der Waals surface area contributed by atoms with Gasteiger partial charge in [0.25, 0.3) is 11.8 Å².